The van der Waals surface area contributed by atoms with E-state index in [0.717, 1.165) is 13.1 Å². The highest BCUT2D eigenvalue weighted by Gasteiger charge is 2.16. The summed E-state index contributed by atoms with van der Waals surface area (Å²) in [6.07, 6.45) is 5.39. The molecule has 0 saturated carbocycles. The van der Waals surface area contributed by atoms with E-state index in [1.165, 1.54) is 24.8 Å². The van der Waals surface area contributed by atoms with Crippen molar-refractivity contribution in [3.63, 3.8) is 0 Å². The van der Waals surface area contributed by atoms with Crippen LogP contribution in [-0.4, -0.2) is 18.1 Å². The molecule has 0 aromatic carbocycles. The Hall–Kier alpha value is -1.09. The molecule has 14 heavy (non-hydrogen) atoms. The van der Waals surface area contributed by atoms with Crippen molar-refractivity contribution in [2.24, 2.45) is 0 Å². The maximum absolute atomic E-state index is 5.87. The average Bonchev–Trinajstić information content (AvgIpc) is 2.47. The summed E-state index contributed by atoms with van der Waals surface area (Å²) in [6, 6.07) is 4.09. The lowest BCUT2D eigenvalue weighted by atomic mass is 9.92. The van der Waals surface area contributed by atoms with Gasteiger partial charge in [0.05, 0.1) is 0 Å². The molecule has 1 aliphatic heterocycles. The SMILES string of the molecule is Nc1ncccc1C1CCCNCC1. The Morgan fingerprint density at radius 3 is 3.14 bits per heavy atom. The van der Waals surface area contributed by atoms with Crippen LogP contribution in [-0.2, 0) is 0 Å². The van der Waals surface area contributed by atoms with Crippen LogP contribution >= 0.6 is 0 Å². The lowest BCUT2D eigenvalue weighted by Crippen LogP contribution is -2.14. The molecule has 1 saturated heterocycles. The van der Waals surface area contributed by atoms with Crippen LogP contribution < -0.4 is 11.1 Å². The molecule has 1 aromatic heterocycles. The van der Waals surface area contributed by atoms with Crippen molar-refractivity contribution in [2.45, 2.75) is 25.2 Å². The minimum Gasteiger partial charge on any atom is -0.383 e. The van der Waals surface area contributed by atoms with Gasteiger partial charge in [-0.05, 0) is 49.9 Å². The first-order chi connectivity index (χ1) is 6.88. The highest BCUT2D eigenvalue weighted by Crippen LogP contribution is 2.28. The molecule has 3 N–H and O–H groups in total. The molecular weight excluding hydrogens is 174 g/mol. The fourth-order valence-electron chi connectivity index (χ4n) is 2.11. The summed E-state index contributed by atoms with van der Waals surface area (Å²) in [4.78, 5) is 4.14. The van der Waals surface area contributed by atoms with Crippen LogP contribution in [0.4, 0.5) is 5.82 Å². The molecule has 1 aliphatic rings. The molecule has 3 nitrogen and oxygen atoms in total. The minimum absolute atomic E-state index is 0.596. The first-order valence-electron chi connectivity index (χ1n) is 5.29. The molecule has 0 bridgehead atoms. The van der Waals surface area contributed by atoms with E-state index in [1.54, 1.807) is 6.20 Å². The summed E-state index contributed by atoms with van der Waals surface area (Å²) in [5, 5.41) is 3.41. The summed E-state index contributed by atoms with van der Waals surface area (Å²) < 4.78 is 0. The molecule has 2 rings (SSSR count). The summed E-state index contributed by atoms with van der Waals surface area (Å²) in [5.41, 5.74) is 7.10. The Balaban J connectivity index is 2.16. The Morgan fingerprint density at radius 1 is 1.36 bits per heavy atom. The second-order valence-corrected chi connectivity index (χ2v) is 3.86. The Bertz CT molecular complexity index is 290. The second-order valence-electron chi connectivity index (χ2n) is 3.86. The molecule has 1 aromatic rings. The normalized spacial score (nSPS) is 23.0. The largest absolute Gasteiger partial charge is 0.383 e. The third kappa shape index (κ3) is 2.04. The number of rotatable bonds is 1. The standard InChI is InChI=1S/C11H17N3/c12-11-10(4-2-7-14-11)9-3-1-6-13-8-5-9/h2,4,7,9,13H,1,3,5-6,8H2,(H2,12,14). The predicted octanol–water partition coefficient (Wildman–Crippen LogP) is 1.52. The van der Waals surface area contributed by atoms with Gasteiger partial charge in [-0.15, -0.1) is 0 Å². The number of nitrogen functional groups attached to an aromatic ring is 1. The first-order valence-corrected chi connectivity index (χ1v) is 5.29. The summed E-state index contributed by atoms with van der Waals surface area (Å²) in [7, 11) is 0. The van der Waals surface area contributed by atoms with Crippen molar-refractivity contribution in [1.82, 2.24) is 10.3 Å². The van der Waals surface area contributed by atoms with Crippen molar-refractivity contribution in [3.8, 4) is 0 Å². The number of nitrogens with one attached hydrogen (secondary N) is 1. The van der Waals surface area contributed by atoms with Crippen LogP contribution in [0.3, 0.4) is 0 Å². The van der Waals surface area contributed by atoms with Crippen molar-refractivity contribution in [1.29, 1.82) is 0 Å². The van der Waals surface area contributed by atoms with Gasteiger partial charge in [0.15, 0.2) is 0 Å². The summed E-state index contributed by atoms with van der Waals surface area (Å²) in [5.74, 6) is 1.30. The van der Waals surface area contributed by atoms with E-state index in [1.807, 2.05) is 6.07 Å². The maximum atomic E-state index is 5.87. The Labute approximate surface area is 84.7 Å². The van der Waals surface area contributed by atoms with Crippen molar-refractivity contribution < 1.29 is 0 Å². The van der Waals surface area contributed by atoms with Crippen molar-refractivity contribution >= 4 is 5.82 Å². The fraction of sp³-hybridized carbons (Fsp3) is 0.545. The molecule has 3 heteroatoms. The molecule has 2 heterocycles. The van der Waals surface area contributed by atoms with Gasteiger partial charge in [0.25, 0.3) is 0 Å². The third-order valence-electron chi connectivity index (χ3n) is 2.89. The Morgan fingerprint density at radius 2 is 2.29 bits per heavy atom. The van der Waals surface area contributed by atoms with Crippen LogP contribution in [0.15, 0.2) is 18.3 Å². The van der Waals surface area contributed by atoms with Crippen LogP contribution in [0.2, 0.25) is 0 Å². The van der Waals surface area contributed by atoms with E-state index >= 15 is 0 Å². The Kier molecular flexibility index (Phi) is 2.99. The number of hydrogen-bond donors (Lipinski definition) is 2. The van der Waals surface area contributed by atoms with Gasteiger partial charge in [0.1, 0.15) is 5.82 Å². The van der Waals surface area contributed by atoms with E-state index in [-0.39, 0.29) is 0 Å². The van der Waals surface area contributed by atoms with Gasteiger partial charge in [-0.25, -0.2) is 4.98 Å². The highest BCUT2D eigenvalue weighted by molar-refractivity contribution is 5.41. The monoisotopic (exact) mass is 191 g/mol. The minimum atomic E-state index is 0.596. The molecule has 0 amide bonds. The predicted molar refractivity (Wildman–Crippen MR) is 58.1 cm³/mol. The number of hydrogen-bond acceptors (Lipinski definition) is 3. The van der Waals surface area contributed by atoms with Crippen LogP contribution in [0, 0.1) is 0 Å². The quantitative estimate of drug-likeness (QED) is 0.707. The van der Waals surface area contributed by atoms with Gasteiger partial charge in [-0.2, -0.15) is 0 Å². The van der Waals surface area contributed by atoms with Crippen molar-refractivity contribution in [2.75, 3.05) is 18.8 Å². The highest BCUT2D eigenvalue weighted by atomic mass is 14.9. The van der Waals surface area contributed by atoms with Gasteiger partial charge in [-0.3, -0.25) is 0 Å². The number of anilines is 1. The average molecular weight is 191 g/mol. The molecule has 76 valence electrons. The lowest BCUT2D eigenvalue weighted by Gasteiger charge is -2.15. The van der Waals surface area contributed by atoms with Gasteiger partial charge >= 0.3 is 0 Å². The molecule has 0 spiro atoms. The zero-order valence-corrected chi connectivity index (χ0v) is 8.37. The fourth-order valence-corrected chi connectivity index (χ4v) is 2.11. The summed E-state index contributed by atoms with van der Waals surface area (Å²) >= 11 is 0. The number of nitrogens with zero attached hydrogens (tertiary/aromatic N) is 1. The van der Waals surface area contributed by atoms with Gasteiger partial charge in [-0.1, -0.05) is 6.07 Å². The maximum Gasteiger partial charge on any atom is 0.126 e. The lowest BCUT2D eigenvalue weighted by molar-refractivity contribution is 0.609. The van der Waals surface area contributed by atoms with Gasteiger partial charge < -0.3 is 11.1 Å². The molecule has 0 aliphatic carbocycles. The van der Waals surface area contributed by atoms with E-state index in [2.05, 4.69) is 16.4 Å². The van der Waals surface area contributed by atoms with Crippen LogP contribution in [0.5, 0.6) is 0 Å². The van der Waals surface area contributed by atoms with E-state index in [4.69, 9.17) is 5.73 Å². The number of aromatic nitrogens is 1. The van der Waals surface area contributed by atoms with E-state index < -0.39 is 0 Å². The number of nitrogens with two attached hydrogens (primary N) is 1. The van der Waals surface area contributed by atoms with Crippen LogP contribution in [0.1, 0.15) is 30.7 Å². The van der Waals surface area contributed by atoms with Gasteiger partial charge in [0.2, 0.25) is 0 Å². The molecule has 0 radical (unpaired) electrons. The molecule has 1 atom stereocenters. The zero-order chi connectivity index (χ0) is 9.80. The molecule has 1 unspecified atom stereocenters. The third-order valence-corrected chi connectivity index (χ3v) is 2.89. The molecule has 1 fully saturated rings. The topological polar surface area (TPSA) is 50.9 Å². The van der Waals surface area contributed by atoms with E-state index in [9.17, 15) is 0 Å². The molecular formula is C11H17N3. The zero-order valence-electron chi connectivity index (χ0n) is 8.37. The first kappa shape index (κ1) is 9.46. The number of pyridine rings is 1. The smallest absolute Gasteiger partial charge is 0.126 e. The van der Waals surface area contributed by atoms with Crippen molar-refractivity contribution in [3.05, 3.63) is 23.9 Å². The summed E-state index contributed by atoms with van der Waals surface area (Å²) in [6.45, 7) is 2.23. The van der Waals surface area contributed by atoms with Gasteiger partial charge in [0, 0.05) is 6.20 Å². The second kappa shape index (κ2) is 4.42. The van der Waals surface area contributed by atoms with E-state index in [0.29, 0.717) is 11.7 Å². The van der Waals surface area contributed by atoms with Crippen LogP contribution in [0.25, 0.3) is 0 Å².